The third-order valence-corrected chi connectivity index (χ3v) is 4.28. The van der Waals surface area contributed by atoms with E-state index in [9.17, 15) is 0 Å². The second-order valence-electron chi connectivity index (χ2n) is 6.74. The molecule has 3 heteroatoms. The Kier molecular flexibility index (Phi) is 3.77. The molecule has 110 valence electrons. The van der Waals surface area contributed by atoms with Crippen molar-refractivity contribution in [2.45, 2.75) is 39.2 Å². The molecule has 1 N–H and O–H groups in total. The van der Waals surface area contributed by atoms with Crippen molar-refractivity contribution >= 4 is 0 Å². The summed E-state index contributed by atoms with van der Waals surface area (Å²) in [7, 11) is 2.02. The van der Waals surface area contributed by atoms with Crippen molar-refractivity contribution in [1.29, 1.82) is 0 Å². The number of benzene rings is 1. The maximum Gasteiger partial charge on any atom is 0.132 e. The SMILES string of the molecule is CNC1CC(C)(C)Cc2nc(Cc3ccccc3)ncc21. The molecule has 0 radical (unpaired) electrons. The summed E-state index contributed by atoms with van der Waals surface area (Å²) in [6, 6.07) is 10.8. The summed E-state index contributed by atoms with van der Waals surface area (Å²) in [6.45, 7) is 4.64. The third kappa shape index (κ3) is 3.13. The molecule has 0 amide bonds. The Morgan fingerprint density at radius 2 is 2.00 bits per heavy atom. The minimum Gasteiger partial charge on any atom is -0.313 e. The monoisotopic (exact) mass is 281 g/mol. The van der Waals surface area contributed by atoms with E-state index in [1.807, 2.05) is 19.3 Å². The van der Waals surface area contributed by atoms with Crippen LogP contribution in [0.15, 0.2) is 36.5 Å². The number of aromatic nitrogens is 2. The van der Waals surface area contributed by atoms with Gasteiger partial charge < -0.3 is 5.32 Å². The molecule has 0 fully saturated rings. The van der Waals surface area contributed by atoms with E-state index in [0.717, 1.165) is 25.1 Å². The van der Waals surface area contributed by atoms with Crippen molar-refractivity contribution in [2.75, 3.05) is 7.05 Å². The maximum absolute atomic E-state index is 4.85. The lowest BCUT2D eigenvalue weighted by Crippen LogP contribution is -2.32. The van der Waals surface area contributed by atoms with Crippen LogP contribution in [-0.2, 0) is 12.8 Å². The van der Waals surface area contributed by atoms with Gasteiger partial charge in [-0.05, 0) is 30.9 Å². The zero-order valence-corrected chi connectivity index (χ0v) is 13.1. The first-order chi connectivity index (χ1) is 10.1. The van der Waals surface area contributed by atoms with Gasteiger partial charge in [-0.3, -0.25) is 0 Å². The first-order valence-electron chi connectivity index (χ1n) is 7.63. The highest BCUT2D eigenvalue weighted by Gasteiger charge is 2.32. The summed E-state index contributed by atoms with van der Waals surface area (Å²) in [5.41, 5.74) is 4.04. The summed E-state index contributed by atoms with van der Waals surface area (Å²) in [4.78, 5) is 9.43. The molecular formula is C18H23N3. The van der Waals surface area contributed by atoms with Gasteiger partial charge in [-0.1, -0.05) is 44.2 Å². The largest absolute Gasteiger partial charge is 0.313 e. The van der Waals surface area contributed by atoms with Crippen LogP contribution < -0.4 is 5.32 Å². The van der Waals surface area contributed by atoms with Gasteiger partial charge in [-0.25, -0.2) is 9.97 Å². The van der Waals surface area contributed by atoms with Crippen LogP contribution in [-0.4, -0.2) is 17.0 Å². The van der Waals surface area contributed by atoms with Crippen LogP contribution in [0, 0.1) is 5.41 Å². The third-order valence-electron chi connectivity index (χ3n) is 4.28. The number of fused-ring (bicyclic) bond motifs is 1. The predicted molar refractivity (Wildman–Crippen MR) is 85.2 cm³/mol. The molecule has 0 saturated carbocycles. The normalized spacial score (nSPS) is 20.0. The molecule has 0 bridgehead atoms. The Bertz CT molecular complexity index is 620. The van der Waals surface area contributed by atoms with Crippen molar-refractivity contribution in [1.82, 2.24) is 15.3 Å². The van der Waals surface area contributed by atoms with Crippen LogP contribution in [0.4, 0.5) is 0 Å². The minimum atomic E-state index is 0.291. The molecule has 1 atom stereocenters. The Morgan fingerprint density at radius 1 is 1.24 bits per heavy atom. The highest BCUT2D eigenvalue weighted by molar-refractivity contribution is 5.28. The van der Waals surface area contributed by atoms with E-state index >= 15 is 0 Å². The topological polar surface area (TPSA) is 37.8 Å². The van der Waals surface area contributed by atoms with Crippen molar-refractivity contribution < 1.29 is 0 Å². The van der Waals surface area contributed by atoms with Gasteiger partial charge in [0.05, 0.1) is 0 Å². The lowest BCUT2D eigenvalue weighted by molar-refractivity contribution is 0.260. The van der Waals surface area contributed by atoms with Gasteiger partial charge in [0, 0.05) is 29.9 Å². The fourth-order valence-electron chi connectivity index (χ4n) is 3.21. The molecule has 1 aromatic heterocycles. The number of nitrogens with zero attached hydrogens (tertiary/aromatic N) is 2. The van der Waals surface area contributed by atoms with Crippen molar-refractivity contribution in [3.05, 3.63) is 59.2 Å². The molecule has 0 saturated heterocycles. The zero-order chi connectivity index (χ0) is 14.9. The van der Waals surface area contributed by atoms with Gasteiger partial charge >= 0.3 is 0 Å². The van der Waals surface area contributed by atoms with E-state index in [1.54, 1.807) is 0 Å². The predicted octanol–water partition coefficient (Wildman–Crippen LogP) is 3.30. The Balaban J connectivity index is 1.90. The fourth-order valence-corrected chi connectivity index (χ4v) is 3.21. The lowest BCUT2D eigenvalue weighted by Gasteiger charge is -2.36. The Morgan fingerprint density at radius 3 is 2.71 bits per heavy atom. The molecule has 1 aliphatic carbocycles. The minimum absolute atomic E-state index is 0.291. The molecule has 0 aliphatic heterocycles. The average molecular weight is 281 g/mol. The van der Waals surface area contributed by atoms with Gasteiger partial charge in [0.15, 0.2) is 0 Å². The molecule has 3 nitrogen and oxygen atoms in total. The summed E-state index contributed by atoms with van der Waals surface area (Å²) in [5.74, 6) is 0.924. The van der Waals surface area contributed by atoms with Crippen molar-refractivity contribution in [2.24, 2.45) is 5.41 Å². The van der Waals surface area contributed by atoms with Crippen molar-refractivity contribution in [3.8, 4) is 0 Å². The highest BCUT2D eigenvalue weighted by Crippen LogP contribution is 2.39. The number of nitrogens with one attached hydrogen (secondary N) is 1. The molecule has 21 heavy (non-hydrogen) atoms. The summed E-state index contributed by atoms with van der Waals surface area (Å²) in [5, 5.41) is 3.40. The van der Waals surface area contributed by atoms with E-state index < -0.39 is 0 Å². The molecule has 1 aliphatic rings. The molecule has 1 aromatic carbocycles. The standard InChI is InChI=1S/C18H23N3/c1-18(2)10-15(19-3)14-12-20-17(21-16(14)11-18)9-13-7-5-4-6-8-13/h4-8,12,15,19H,9-11H2,1-3H3. The number of hydrogen-bond acceptors (Lipinski definition) is 3. The van der Waals surface area contributed by atoms with E-state index in [4.69, 9.17) is 4.98 Å². The van der Waals surface area contributed by atoms with Crippen LogP contribution in [0.25, 0.3) is 0 Å². The average Bonchev–Trinajstić information content (AvgIpc) is 2.46. The van der Waals surface area contributed by atoms with E-state index in [0.29, 0.717) is 11.5 Å². The van der Waals surface area contributed by atoms with Gasteiger partial charge in [-0.15, -0.1) is 0 Å². The molecule has 3 rings (SSSR count). The zero-order valence-electron chi connectivity index (χ0n) is 13.1. The van der Waals surface area contributed by atoms with Crippen LogP contribution in [0.2, 0.25) is 0 Å². The summed E-state index contributed by atoms with van der Waals surface area (Å²) < 4.78 is 0. The van der Waals surface area contributed by atoms with E-state index in [-0.39, 0.29) is 0 Å². The molecular weight excluding hydrogens is 258 g/mol. The van der Waals surface area contributed by atoms with Gasteiger partial charge in [0.2, 0.25) is 0 Å². The summed E-state index contributed by atoms with van der Waals surface area (Å²) >= 11 is 0. The second-order valence-corrected chi connectivity index (χ2v) is 6.74. The quantitative estimate of drug-likeness (QED) is 0.938. The number of hydrogen-bond donors (Lipinski definition) is 1. The number of rotatable bonds is 3. The molecule has 2 aromatic rings. The molecule has 1 heterocycles. The molecule has 1 unspecified atom stereocenters. The van der Waals surface area contributed by atoms with E-state index in [1.165, 1.54) is 16.8 Å². The first kappa shape index (κ1) is 14.2. The van der Waals surface area contributed by atoms with Gasteiger partial charge in [0.1, 0.15) is 5.82 Å². The summed E-state index contributed by atoms with van der Waals surface area (Å²) in [6.07, 6.45) is 5.00. The van der Waals surface area contributed by atoms with Crippen LogP contribution in [0.3, 0.4) is 0 Å². The van der Waals surface area contributed by atoms with Crippen molar-refractivity contribution in [3.63, 3.8) is 0 Å². The van der Waals surface area contributed by atoms with Crippen LogP contribution >= 0.6 is 0 Å². The second kappa shape index (κ2) is 5.57. The lowest BCUT2D eigenvalue weighted by atomic mass is 9.74. The fraction of sp³-hybridized carbons (Fsp3) is 0.444. The Labute approximate surface area is 126 Å². The van der Waals surface area contributed by atoms with Crippen LogP contribution in [0.1, 0.15) is 49.0 Å². The Hall–Kier alpha value is -1.74. The highest BCUT2D eigenvalue weighted by atomic mass is 14.9. The van der Waals surface area contributed by atoms with E-state index in [2.05, 4.69) is 48.4 Å². The maximum atomic E-state index is 4.85. The first-order valence-corrected chi connectivity index (χ1v) is 7.63. The van der Waals surface area contributed by atoms with Gasteiger partial charge in [0.25, 0.3) is 0 Å². The smallest absolute Gasteiger partial charge is 0.132 e. The molecule has 0 spiro atoms. The van der Waals surface area contributed by atoms with Crippen LogP contribution in [0.5, 0.6) is 0 Å². The van der Waals surface area contributed by atoms with Gasteiger partial charge in [-0.2, -0.15) is 0 Å².